The van der Waals surface area contributed by atoms with E-state index in [2.05, 4.69) is 84.7 Å². The molecule has 4 aromatic rings. The van der Waals surface area contributed by atoms with Crippen molar-refractivity contribution in [2.45, 2.75) is 56.6 Å². The summed E-state index contributed by atoms with van der Waals surface area (Å²) < 4.78 is 48.0. The number of alkyl carbamates (subject to hydrolysis) is 1. The zero-order valence-corrected chi connectivity index (χ0v) is 42.7. The van der Waals surface area contributed by atoms with Gasteiger partial charge in [-0.3, -0.25) is 28.5 Å². The van der Waals surface area contributed by atoms with Crippen LogP contribution in [0.15, 0.2) is 83.0 Å². The maximum Gasteiger partial charge on any atom is 0.481 e. The molecule has 1 unspecified atom stereocenters. The molecule has 2 aromatic heterocycles. The summed E-state index contributed by atoms with van der Waals surface area (Å²) in [5.74, 6) is -0.849. The highest BCUT2D eigenvalue weighted by Crippen LogP contribution is 2.58. The molecule has 0 spiro atoms. The van der Waals surface area contributed by atoms with E-state index in [0.717, 1.165) is 44.8 Å². The molecule has 3 amide bonds. The fourth-order valence-electron chi connectivity index (χ4n) is 8.97. The second kappa shape index (κ2) is 21.0. The fraction of sp³-hybridized carbons (Fsp3) is 0.413. The van der Waals surface area contributed by atoms with Crippen LogP contribution in [-0.2, 0) is 44.7 Å². The number of allylic oxidation sites excluding steroid dienone is 5. The van der Waals surface area contributed by atoms with Crippen LogP contribution in [0.2, 0.25) is 0 Å². The number of hydrogen-bond donors (Lipinski definition) is 8. The summed E-state index contributed by atoms with van der Waals surface area (Å²) in [4.78, 5) is 90.9. The Morgan fingerprint density at radius 2 is 1.75 bits per heavy atom. The van der Waals surface area contributed by atoms with Crippen LogP contribution in [0.5, 0.6) is 0 Å². The number of carbonyl (C=O) groups excluding carboxylic acids is 3. The summed E-state index contributed by atoms with van der Waals surface area (Å²) in [6, 6.07) is 14.0. The van der Waals surface area contributed by atoms with Crippen LogP contribution < -0.4 is 31.4 Å². The first-order valence-corrected chi connectivity index (χ1v) is 25.7. The van der Waals surface area contributed by atoms with E-state index in [-0.39, 0.29) is 60.4 Å². The number of amides is 3. The fourth-order valence-corrected chi connectivity index (χ4v) is 10.6. The molecule has 5 atom stereocenters. The number of anilines is 2. The number of H-pyrrole nitrogens is 1. The second-order valence-electron chi connectivity index (χ2n) is 18.4. The van der Waals surface area contributed by atoms with Crippen molar-refractivity contribution in [3.05, 3.63) is 111 Å². The number of aromatic nitrogens is 4. The number of aliphatic hydroxyl groups excluding tert-OH is 1. The normalized spacial score (nSPS) is 20.1. The molecular weight excluding hydrogens is 979 g/mol. The number of nitrogen functional groups attached to an aromatic ring is 1. The SMILES string of the molecule is CN(CCCC(=O)NCCNC(=O)O[C@H]1[C@@H](O)[C@H]([n+]2cn(C)c3c(=O)[nH]c(N)nc32)O[C@@H]1COP(=O)(O)OP(=O)(O)O)C(=O)c1ccccc1C1=C2C=CC(=[N+](C)C)C=C2C(C)(C)c2cc(N(C)C)ccc21. The average molecular weight is 1040 g/mol. The van der Waals surface area contributed by atoms with Gasteiger partial charge in [0.05, 0.1) is 13.7 Å². The van der Waals surface area contributed by atoms with Crippen LogP contribution in [0.4, 0.5) is 16.4 Å². The molecule has 0 saturated carbocycles. The van der Waals surface area contributed by atoms with Gasteiger partial charge in [0.25, 0.3) is 17.4 Å². The predicted octanol–water partition coefficient (Wildman–Crippen LogP) is 1.75. The van der Waals surface area contributed by atoms with E-state index in [9.17, 15) is 38.3 Å². The number of imidazole rings is 1. The number of fused-ring (bicyclic) bond motifs is 3. The highest BCUT2D eigenvalue weighted by Gasteiger charge is 2.51. The molecule has 2 aromatic carbocycles. The second-order valence-corrected chi connectivity index (χ2v) is 21.3. The number of rotatable bonds is 17. The molecule has 1 fully saturated rings. The smallest absolute Gasteiger partial charge is 0.440 e. The van der Waals surface area contributed by atoms with Crippen molar-refractivity contribution in [1.82, 2.24) is 30.1 Å². The van der Waals surface area contributed by atoms with E-state index in [1.165, 1.54) is 22.5 Å². The lowest BCUT2D eigenvalue weighted by Gasteiger charge is -2.39. The zero-order chi connectivity index (χ0) is 52.6. The number of benzene rings is 2. The number of nitrogens with one attached hydrogen (secondary N) is 3. The monoisotopic (exact) mass is 1040 g/mol. The molecule has 72 heavy (non-hydrogen) atoms. The summed E-state index contributed by atoms with van der Waals surface area (Å²) in [5, 5.41) is 16.5. The minimum atomic E-state index is -5.51. The van der Waals surface area contributed by atoms with Gasteiger partial charge < -0.3 is 55.4 Å². The van der Waals surface area contributed by atoms with E-state index < -0.39 is 58.4 Å². The number of nitrogens with two attached hydrogens (primary N) is 1. The van der Waals surface area contributed by atoms with Crippen molar-refractivity contribution in [3.63, 3.8) is 0 Å². The number of phosphoric ester groups is 1. The van der Waals surface area contributed by atoms with Crippen LogP contribution in [0.1, 0.15) is 60.0 Å². The summed E-state index contributed by atoms with van der Waals surface area (Å²) in [6.07, 6.45) is 0.526. The number of nitrogens with zero attached hydrogens (tertiary/aromatic N) is 6. The van der Waals surface area contributed by atoms with Crippen molar-refractivity contribution in [2.24, 2.45) is 7.05 Å². The third-order valence-corrected chi connectivity index (χ3v) is 14.7. The number of carbonyl (C=O) groups is 3. The standard InChI is InChI=1S/C46H58N10O14P2/c1-46(2)32-22-26(52(3)4)15-17-30(32)36(31-18-16-27(53(5)6)23-33(31)46)28-12-9-10-13-29(28)42(60)54(7)21-11-14-35(57)48-19-20-49-45(61)69-39-34(24-67-72(65,66)70-71(62,63)64)68-43(38(39)58)56-25-55(8)37-40(56)50-44(47)51-41(37)59/h9-10,12-13,15-18,22-23,25,34,38-39,43,58H,11,14,19-21,24H2,1-8H3,(H6-2,47,48,49,50,51,57,59,61,62,63,64,65,66)/p+2/t34-,38-,39-,43-/m1/s1. The Labute approximate surface area is 413 Å². The molecule has 386 valence electrons. The van der Waals surface area contributed by atoms with Gasteiger partial charge in [-0.05, 0) is 64.1 Å². The number of phosphoric acid groups is 2. The van der Waals surface area contributed by atoms with Crippen LogP contribution in [0.3, 0.4) is 0 Å². The molecule has 0 bridgehead atoms. The Bertz CT molecular complexity index is 3100. The average Bonchev–Trinajstić information content (AvgIpc) is 3.79. The lowest BCUT2D eigenvalue weighted by Crippen LogP contribution is -2.47. The van der Waals surface area contributed by atoms with E-state index >= 15 is 0 Å². The summed E-state index contributed by atoms with van der Waals surface area (Å²) in [5.41, 5.74) is 13.5. The largest absolute Gasteiger partial charge is 0.481 e. The Kier molecular flexibility index (Phi) is 15.6. The lowest BCUT2D eigenvalue weighted by atomic mass is 9.64. The third kappa shape index (κ3) is 11.5. The Morgan fingerprint density at radius 1 is 1.04 bits per heavy atom. The summed E-state index contributed by atoms with van der Waals surface area (Å²) >= 11 is 0. The number of aryl methyl sites for hydroxylation is 1. The quantitative estimate of drug-likeness (QED) is 0.0424. The van der Waals surface area contributed by atoms with Gasteiger partial charge in [-0.25, -0.2) is 23.1 Å². The van der Waals surface area contributed by atoms with Crippen molar-refractivity contribution in [1.29, 1.82) is 0 Å². The van der Waals surface area contributed by atoms with Gasteiger partial charge in [0, 0.05) is 76.0 Å². The van der Waals surface area contributed by atoms with Crippen molar-refractivity contribution >= 4 is 67.6 Å². The van der Waals surface area contributed by atoms with Gasteiger partial charge >= 0.3 is 27.4 Å². The molecule has 9 N–H and O–H groups in total. The highest BCUT2D eigenvalue weighted by atomic mass is 31.3. The third-order valence-electron chi connectivity index (χ3n) is 12.5. The van der Waals surface area contributed by atoms with Gasteiger partial charge in [-0.2, -0.15) is 4.31 Å². The van der Waals surface area contributed by atoms with Crippen molar-refractivity contribution < 1.29 is 70.8 Å². The minimum absolute atomic E-state index is 0.0168. The van der Waals surface area contributed by atoms with Gasteiger partial charge in [0.15, 0.2) is 24.2 Å². The van der Waals surface area contributed by atoms with Crippen LogP contribution in [0, 0.1) is 0 Å². The topological polar surface area (TPSA) is 317 Å². The zero-order valence-electron chi connectivity index (χ0n) is 40.9. The van der Waals surface area contributed by atoms with Gasteiger partial charge in [-0.15, -0.1) is 0 Å². The molecule has 3 heterocycles. The number of aliphatic hydroxyl groups is 1. The van der Waals surface area contributed by atoms with Crippen molar-refractivity contribution in [3.8, 4) is 0 Å². The first kappa shape index (κ1) is 53.5. The first-order valence-electron chi connectivity index (χ1n) is 22.7. The van der Waals surface area contributed by atoms with E-state index in [1.54, 1.807) is 11.9 Å². The molecule has 7 rings (SSSR count). The van der Waals surface area contributed by atoms with Crippen LogP contribution in [0.25, 0.3) is 16.7 Å². The maximum atomic E-state index is 14.3. The lowest BCUT2D eigenvalue weighted by molar-refractivity contribution is -0.745. The highest BCUT2D eigenvalue weighted by molar-refractivity contribution is 7.60. The molecule has 2 aliphatic carbocycles. The van der Waals surface area contributed by atoms with Crippen molar-refractivity contribution in [2.75, 3.05) is 72.1 Å². The van der Waals surface area contributed by atoms with Gasteiger partial charge in [0.2, 0.25) is 17.7 Å². The molecule has 1 saturated heterocycles. The Hall–Kier alpha value is -6.33. The molecule has 1 aliphatic heterocycles. The van der Waals surface area contributed by atoms with Gasteiger partial charge in [0.1, 0.15) is 20.2 Å². The summed E-state index contributed by atoms with van der Waals surface area (Å²) in [6.45, 7) is 3.50. The van der Waals surface area contributed by atoms with Crippen LogP contribution in [-0.4, -0.2) is 147 Å². The molecule has 0 radical (unpaired) electrons. The van der Waals surface area contributed by atoms with E-state index in [1.807, 2.05) is 52.5 Å². The first-order chi connectivity index (χ1) is 33.8. The van der Waals surface area contributed by atoms with E-state index in [4.69, 9.17) is 29.5 Å². The molecular formula is C46H60N10O14P2+2. The predicted molar refractivity (Wildman–Crippen MR) is 263 cm³/mol. The number of hydrogen-bond acceptors (Lipinski definition) is 14. The molecule has 26 heteroatoms. The Morgan fingerprint density at radius 3 is 2.44 bits per heavy atom. The maximum absolute atomic E-state index is 14.3. The number of ether oxygens (including phenoxy) is 2. The minimum Gasteiger partial charge on any atom is -0.440 e. The Balaban J connectivity index is 0.963. The molecule has 24 nitrogen and oxygen atoms in total. The molecule has 3 aliphatic rings. The van der Waals surface area contributed by atoms with Crippen LogP contribution >= 0.6 is 15.6 Å². The van der Waals surface area contributed by atoms with Gasteiger partial charge in [-0.1, -0.05) is 43.1 Å². The summed E-state index contributed by atoms with van der Waals surface area (Å²) in [7, 11) is 0.299. The van der Waals surface area contributed by atoms with E-state index in [0.29, 0.717) is 12.0 Å². The number of aromatic amines is 1.